The summed E-state index contributed by atoms with van der Waals surface area (Å²) in [6.07, 6.45) is 1.03. The third kappa shape index (κ3) is 3.53. The van der Waals surface area contributed by atoms with E-state index in [1.807, 2.05) is 12.1 Å². The number of para-hydroxylation sites is 1. The molecule has 0 bridgehead atoms. The summed E-state index contributed by atoms with van der Waals surface area (Å²) in [5.41, 5.74) is 8.09. The van der Waals surface area contributed by atoms with Crippen LogP contribution in [0.25, 0.3) is 0 Å². The standard InChI is InChI=1S/C14H24N2/c1-11(2)12(3)16(4)10-9-13-7-5-6-8-14(13)15/h5-8,11-12H,9-10,15H2,1-4H3. The minimum atomic E-state index is 0.616. The van der Waals surface area contributed by atoms with Gasteiger partial charge in [-0.2, -0.15) is 0 Å². The molecule has 2 nitrogen and oxygen atoms in total. The molecule has 2 heteroatoms. The van der Waals surface area contributed by atoms with Crippen LogP contribution in [0.2, 0.25) is 0 Å². The van der Waals surface area contributed by atoms with Crippen molar-refractivity contribution in [1.82, 2.24) is 4.90 Å². The Hall–Kier alpha value is -1.02. The van der Waals surface area contributed by atoms with Gasteiger partial charge in [-0.15, -0.1) is 0 Å². The quantitative estimate of drug-likeness (QED) is 0.773. The first-order valence-corrected chi connectivity index (χ1v) is 6.06. The van der Waals surface area contributed by atoms with Crippen molar-refractivity contribution in [3.63, 3.8) is 0 Å². The second kappa shape index (κ2) is 5.90. The van der Waals surface area contributed by atoms with Crippen molar-refractivity contribution in [1.29, 1.82) is 0 Å². The molecule has 0 amide bonds. The molecular weight excluding hydrogens is 196 g/mol. The molecule has 0 aromatic heterocycles. The largest absolute Gasteiger partial charge is 0.399 e. The molecule has 0 radical (unpaired) electrons. The summed E-state index contributed by atoms with van der Waals surface area (Å²) in [4.78, 5) is 2.40. The maximum atomic E-state index is 5.92. The molecule has 0 heterocycles. The van der Waals surface area contributed by atoms with Gasteiger partial charge >= 0.3 is 0 Å². The minimum Gasteiger partial charge on any atom is -0.399 e. The molecule has 1 rings (SSSR count). The summed E-state index contributed by atoms with van der Waals surface area (Å²) >= 11 is 0. The van der Waals surface area contributed by atoms with Gasteiger partial charge in [0.15, 0.2) is 0 Å². The van der Waals surface area contributed by atoms with Gasteiger partial charge in [0.05, 0.1) is 0 Å². The second-order valence-electron chi connectivity index (χ2n) is 4.91. The molecule has 0 aliphatic heterocycles. The molecule has 0 fully saturated rings. The molecule has 0 saturated carbocycles. The zero-order valence-corrected chi connectivity index (χ0v) is 10.9. The highest BCUT2D eigenvalue weighted by atomic mass is 15.1. The summed E-state index contributed by atoms with van der Waals surface area (Å²) in [5.74, 6) is 0.693. The van der Waals surface area contributed by atoms with Gasteiger partial charge in [0.2, 0.25) is 0 Å². The molecule has 1 aromatic rings. The summed E-state index contributed by atoms with van der Waals surface area (Å²) < 4.78 is 0. The SMILES string of the molecule is CC(C)C(C)N(C)CCc1ccccc1N. The molecule has 1 atom stereocenters. The Morgan fingerprint density at radius 1 is 1.19 bits per heavy atom. The molecule has 0 saturated heterocycles. The van der Waals surface area contributed by atoms with E-state index in [9.17, 15) is 0 Å². The van der Waals surface area contributed by atoms with Crippen molar-refractivity contribution in [3.8, 4) is 0 Å². The minimum absolute atomic E-state index is 0.616. The Labute approximate surface area is 99.5 Å². The normalized spacial score (nSPS) is 13.4. The fraction of sp³-hybridized carbons (Fsp3) is 0.571. The molecule has 16 heavy (non-hydrogen) atoms. The van der Waals surface area contributed by atoms with Crippen LogP contribution in [0.5, 0.6) is 0 Å². The van der Waals surface area contributed by atoms with Crippen molar-refractivity contribution in [2.75, 3.05) is 19.3 Å². The molecule has 90 valence electrons. The lowest BCUT2D eigenvalue weighted by Gasteiger charge is -2.27. The lowest BCUT2D eigenvalue weighted by atomic mass is 10.0. The number of hydrogen-bond donors (Lipinski definition) is 1. The highest BCUT2D eigenvalue weighted by Gasteiger charge is 2.12. The number of hydrogen-bond acceptors (Lipinski definition) is 2. The van der Waals surface area contributed by atoms with Crippen LogP contribution in [0.3, 0.4) is 0 Å². The van der Waals surface area contributed by atoms with Crippen molar-refractivity contribution in [2.45, 2.75) is 33.2 Å². The average Bonchev–Trinajstić information content (AvgIpc) is 2.26. The maximum absolute atomic E-state index is 5.92. The summed E-state index contributed by atoms with van der Waals surface area (Å²) in [7, 11) is 2.18. The van der Waals surface area contributed by atoms with Crippen LogP contribution in [-0.4, -0.2) is 24.5 Å². The van der Waals surface area contributed by atoms with E-state index in [0.717, 1.165) is 18.7 Å². The molecule has 0 aliphatic carbocycles. The zero-order chi connectivity index (χ0) is 12.1. The average molecular weight is 220 g/mol. The van der Waals surface area contributed by atoms with Gasteiger partial charge in [-0.1, -0.05) is 32.0 Å². The van der Waals surface area contributed by atoms with Crippen LogP contribution in [0.15, 0.2) is 24.3 Å². The lowest BCUT2D eigenvalue weighted by Crippen LogP contribution is -2.34. The van der Waals surface area contributed by atoms with E-state index < -0.39 is 0 Å². The van der Waals surface area contributed by atoms with Gasteiger partial charge in [0.25, 0.3) is 0 Å². The van der Waals surface area contributed by atoms with Crippen LogP contribution in [-0.2, 0) is 6.42 Å². The lowest BCUT2D eigenvalue weighted by molar-refractivity contribution is 0.210. The summed E-state index contributed by atoms with van der Waals surface area (Å²) in [5, 5.41) is 0. The Morgan fingerprint density at radius 3 is 2.38 bits per heavy atom. The zero-order valence-electron chi connectivity index (χ0n) is 10.9. The van der Waals surface area contributed by atoms with E-state index in [0.29, 0.717) is 12.0 Å². The van der Waals surface area contributed by atoms with E-state index in [1.165, 1.54) is 5.56 Å². The van der Waals surface area contributed by atoms with Gasteiger partial charge < -0.3 is 10.6 Å². The third-order valence-corrected chi connectivity index (χ3v) is 3.45. The molecule has 1 aromatic carbocycles. The van der Waals surface area contributed by atoms with Crippen molar-refractivity contribution in [2.24, 2.45) is 5.92 Å². The van der Waals surface area contributed by atoms with E-state index in [4.69, 9.17) is 5.73 Å². The summed E-state index contributed by atoms with van der Waals surface area (Å²) in [6.45, 7) is 7.86. The topological polar surface area (TPSA) is 29.3 Å². The predicted octanol–water partition coefficient (Wildman–Crippen LogP) is 2.79. The van der Waals surface area contributed by atoms with Crippen LogP contribution in [0, 0.1) is 5.92 Å². The van der Waals surface area contributed by atoms with Gasteiger partial charge in [0.1, 0.15) is 0 Å². The number of likely N-dealkylation sites (N-methyl/N-ethyl adjacent to an activating group) is 1. The van der Waals surface area contributed by atoms with E-state index in [1.54, 1.807) is 0 Å². The number of nitrogens with zero attached hydrogens (tertiary/aromatic N) is 1. The Balaban J connectivity index is 2.49. The van der Waals surface area contributed by atoms with Crippen LogP contribution >= 0.6 is 0 Å². The first kappa shape index (κ1) is 13.0. The van der Waals surface area contributed by atoms with E-state index >= 15 is 0 Å². The van der Waals surface area contributed by atoms with Crippen LogP contribution < -0.4 is 5.73 Å². The van der Waals surface area contributed by atoms with E-state index in [2.05, 4.69) is 44.9 Å². The first-order chi connectivity index (χ1) is 7.52. The van der Waals surface area contributed by atoms with Crippen molar-refractivity contribution >= 4 is 5.69 Å². The maximum Gasteiger partial charge on any atom is 0.0347 e. The highest BCUT2D eigenvalue weighted by molar-refractivity contribution is 5.46. The fourth-order valence-electron chi connectivity index (χ4n) is 1.77. The van der Waals surface area contributed by atoms with Crippen molar-refractivity contribution < 1.29 is 0 Å². The highest BCUT2D eigenvalue weighted by Crippen LogP contribution is 2.13. The Bertz CT molecular complexity index is 320. The fourth-order valence-corrected chi connectivity index (χ4v) is 1.77. The van der Waals surface area contributed by atoms with Crippen molar-refractivity contribution in [3.05, 3.63) is 29.8 Å². The van der Waals surface area contributed by atoms with Crippen LogP contribution in [0.4, 0.5) is 5.69 Å². The number of rotatable bonds is 5. The van der Waals surface area contributed by atoms with Gasteiger partial charge in [0, 0.05) is 18.3 Å². The molecule has 0 aliphatic rings. The number of nitrogens with two attached hydrogens (primary N) is 1. The Kier molecular flexibility index (Phi) is 4.81. The smallest absolute Gasteiger partial charge is 0.0347 e. The van der Waals surface area contributed by atoms with Gasteiger partial charge in [-0.3, -0.25) is 0 Å². The number of anilines is 1. The first-order valence-electron chi connectivity index (χ1n) is 6.06. The second-order valence-corrected chi connectivity index (χ2v) is 4.91. The molecular formula is C14H24N2. The third-order valence-electron chi connectivity index (χ3n) is 3.45. The monoisotopic (exact) mass is 220 g/mol. The van der Waals surface area contributed by atoms with Crippen LogP contribution in [0.1, 0.15) is 26.3 Å². The summed E-state index contributed by atoms with van der Waals surface area (Å²) in [6, 6.07) is 8.74. The number of benzene rings is 1. The van der Waals surface area contributed by atoms with Gasteiger partial charge in [-0.25, -0.2) is 0 Å². The van der Waals surface area contributed by atoms with Gasteiger partial charge in [-0.05, 0) is 37.9 Å². The number of nitrogen functional groups attached to an aromatic ring is 1. The van der Waals surface area contributed by atoms with E-state index in [-0.39, 0.29) is 0 Å². The molecule has 2 N–H and O–H groups in total. The molecule has 0 spiro atoms. The molecule has 1 unspecified atom stereocenters. The Morgan fingerprint density at radius 2 is 1.81 bits per heavy atom. The predicted molar refractivity (Wildman–Crippen MR) is 71.5 cm³/mol.